The lowest BCUT2D eigenvalue weighted by molar-refractivity contribution is -0.0285. The van der Waals surface area contributed by atoms with E-state index >= 15 is 0 Å². The maximum atomic E-state index is 7.01. The van der Waals surface area contributed by atoms with Crippen LogP contribution < -0.4 is 0 Å². The second-order valence-electron chi connectivity index (χ2n) is 9.52. The first-order chi connectivity index (χ1) is 17.0. The lowest BCUT2D eigenvalue weighted by Gasteiger charge is -2.62. The average molecular weight is 778 g/mol. The van der Waals surface area contributed by atoms with Crippen LogP contribution in [0.15, 0.2) is 0 Å². The molecule has 0 spiro atoms. The van der Waals surface area contributed by atoms with Gasteiger partial charge in [-0.1, -0.05) is 115 Å². The molecule has 12 nitrogen and oxygen atoms in total. The lowest BCUT2D eigenvalue weighted by atomic mass is 11.0. The molecule has 0 atom stereocenters. The normalized spacial score (nSPS) is 44.2. The molecular formula is C24H72O12Si8. The van der Waals surface area contributed by atoms with Gasteiger partial charge in [0.25, 0.3) is 0 Å². The summed E-state index contributed by atoms with van der Waals surface area (Å²) in [6.07, 6.45) is 0. The molecule has 6 aliphatic rings. The molecule has 20 heteroatoms. The van der Waals surface area contributed by atoms with Gasteiger partial charge < -0.3 is 49.4 Å². The van der Waals surface area contributed by atoms with E-state index in [1.807, 2.05) is 55.4 Å². The van der Waals surface area contributed by atoms with Crippen molar-refractivity contribution in [3.8, 4) is 0 Å². The highest BCUT2D eigenvalue weighted by atomic mass is 28.6. The van der Waals surface area contributed by atoms with E-state index in [2.05, 4.69) is 0 Å². The molecule has 44 heavy (non-hydrogen) atoms. The van der Waals surface area contributed by atoms with Crippen molar-refractivity contribution in [1.29, 1.82) is 0 Å². The first kappa shape index (κ1) is 52.1. The fraction of sp³-hybridized carbons (Fsp3) is 1.00. The molecule has 272 valence electrons. The predicted molar refractivity (Wildman–Crippen MR) is 197 cm³/mol. The van der Waals surface area contributed by atoms with Gasteiger partial charge in [0, 0.05) is 48.4 Å². The highest BCUT2D eigenvalue weighted by Crippen LogP contribution is 2.52. The monoisotopic (exact) mass is 776 g/mol. The molecule has 0 amide bonds. The first-order valence-corrected chi connectivity index (χ1v) is 28.8. The fourth-order valence-electron chi connectivity index (χ4n) is 5.08. The number of hydrogen-bond acceptors (Lipinski definition) is 12. The summed E-state index contributed by atoms with van der Waals surface area (Å²) >= 11 is 0. The van der Waals surface area contributed by atoms with Gasteiger partial charge in [-0.3, -0.25) is 0 Å². The van der Waals surface area contributed by atoms with Crippen LogP contribution in [0.25, 0.3) is 0 Å². The Morgan fingerprint density at radius 1 is 0.205 bits per heavy atom. The highest BCUT2D eigenvalue weighted by molar-refractivity contribution is 7.03. The van der Waals surface area contributed by atoms with E-state index in [0.29, 0.717) is 48.4 Å². The predicted octanol–water partition coefficient (Wildman–Crippen LogP) is 9.01. The summed E-state index contributed by atoms with van der Waals surface area (Å²) in [5, 5.41) is 0. The molecular weight excluding hydrogens is 705 g/mol. The highest BCUT2D eigenvalue weighted by Gasteiger charge is 2.81. The lowest BCUT2D eigenvalue weighted by Crippen LogP contribution is -2.88. The summed E-state index contributed by atoms with van der Waals surface area (Å²) in [6.45, 7) is 15.9. The van der Waals surface area contributed by atoms with Crippen molar-refractivity contribution in [1.82, 2.24) is 0 Å². The molecule has 6 rings (SSSR count). The van der Waals surface area contributed by atoms with Crippen LogP contribution in [0.3, 0.4) is 0 Å². The Morgan fingerprint density at radius 2 is 0.273 bits per heavy atom. The zero-order chi connectivity index (χ0) is 26.1. The topological polar surface area (TPSA) is 111 Å². The molecule has 0 aliphatic carbocycles. The average Bonchev–Trinajstić information content (AvgIpc) is 2.82. The van der Waals surface area contributed by atoms with Crippen LogP contribution in [-0.4, -0.2) is 70.4 Å². The minimum atomic E-state index is -3.53. The Hall–Kier alpha value is 1.26. The van der Waals surface area contributed by atoms with E-state index in [-0.39, 0.29) is 59.4 Å². The Kier molecular flexibility index (Phi) is 20.4. The summed E-state index contributed by atoms with van der Waals surface area (Å²) in [4.78, 5) is 0. The molecule has 6 heterocycles. The van der Waals surface area contributed by atoms with Crippen LogP contribution in [0.1, 0.15) is 115 Å². The molecule has 6 fully saturated rings. The van der Waals surface area contributed by atoms with Crippen LogP contribution in [0.5, 0.6) is 0 Å². The Morgan fingerprint density at radius 3 is 0.318 bits per heavy atom. The third-order valence-electron chi connectivity index (χ3n) is 7.20. The van der Waals surface area contributed by atoms with E-state index in [0.717, 1.165) is 0 Å². The molecule has 0 aromatic rings. The molecule has 0 unspecified atom stereocenters. The van der Waals surface area contributed by atoms with Gasteiger partial charge in [0.1, 0.15) is 0 Å². The van der Waals surface area contributed by atoms with Crippen molar-refractivity contribution in [2.45, 2.75) is 163 Å². The number of hydrogen-bond donors (Lipinski definition) is 0. The zero-order valence-corrected chi connectivity index (χ0v) is 30.6. The third-order valence-corrected chi connectivity index (χ3v) is 44.0. The second-order valence-corrected chi connectivity index (χ2v) is 35.9. The summed E-state index contributed by atoms with van der Waals surface area (Å²) < 4.78 is 84.1. The zero-order valence-electron chi connectivity index (χ0n) is 22.6. The third kappa shape index (κ3) is 8.17. The SMILES string of the molecule is C.C.C.C.C.C.C.C.CC[Si]12O[Si]3(CC)O[Si]4(CC)O[Si](CC)(O1)O[Si]1(CC)O[Si](CC)(O2)O[Si](CC)(O3)O[Si](CC)(O4)O1. The molecule has 0 N–H and O–H groups in total. The standard InChI is InChI=1S/C16H40O12Si8.8CH4/c1-9-29-17-30(10-2)20-33(13-5)22-31(11-3,18-29)24-35(15-7)25-32(12-4,19-29)23-34(14-6,21-30)27-36(16-8,26-33)28-35;;;;;;;;/h9-16H2,1-8H3;8*1H4. The van der Waals surface area contributed by atoms with Gasteiger partial charge in [-0.05, 0) is 0 Å². The summed E-state index contributed by atoms with van der Waals surface area (Å²) in [5.74, 6) is 0. The Balaban J connectivity index is -0.000001000. The number of rotatable bonds is 8. The Labute approximate surface area is 282 Å². The summed E-state index contributed by atoms with van der Waals surface area (Å²) in [6, 6.07) is 3.74. The van der Waals surface area contributed by atoms with Gasteiger partial charge in [-0.15, -0.1) is 0 Å². The van der Waals surface area contributed by atoms with E-state index in [4.69, 9.17) is 49.4 Å². The summed E-state index contributed by atoms with van der Waals surface area (Å²) in [5.41, 5.74) is 0. The molecule has 8 bridgehead atoms. The Bertz CT molecular complexity index is 604. The summed E-state index contributed by atoms with van der Waals surface area (Å²) in [7, 11) is -28.2. The van der Waals surface area contributed by atoms with Gasteiger partial charge in [0.15, 0.2) is 0 Å². The van der Waals surface area contributed by atoms with Crippen molar-refractivity contribution in [2.75, 3.05) is 0 Å². The van der Waals surface area contributed by atoms with Gasteiger partial charge in [0.05, 0.1) is 0 Å². The first-order valence-electron chi connectivity index (χ1n) is 13.4. The van der Waals surface area contributed by atoms with Crippen LogP contribution in [-0.2, 0) is 49.4 Å². The van der Waals surface area contributed by atoms with Crippen molar-refractivity contribution >= 4 is 70.4 Å². The van der Waals surface area contributed by atoms with Crippen LogP contribution in [0, 0.1) is 0 Å². The minimum Gasteiger partial charge on any atom is -0.373 e. The van der Waals surface area contributed by atoms with Crippen LogP contribution >= 0.6 is 0 Å². The smallest absolute Gasteiger partial charge is 0.373 e. The van der Waals surface area contributed by atoms with E-state index in [1.165, 1.54) is 0 Å². The van der Waals surface area contributed by atoms with E-state index in [1.54, 1.807) is 0 Å². The van der Waals surface area contributed by atoms with Gasteiger partial charge >= 0.3 is 70.4 Å². The van der Waals surface area contributed by atoms with Crippen molar-refractivity contribution < 1.29 is 49.4 Å². The van der Waals surface area contributed by atoms with Gasteiger partial charge in [0.2, 0.25) is 0 Å². The molecule has 0 radical (unpaired) electrons. The molecule has 0 aromatic heterocycles. The van der Waals surface area contributed by atoms with Crippen molar-refractivity contribution in [2.24, 2.45) is 0 Å². The van der Waals surface area contributed by atoms with Crippen molar-refractivity contribution in [3.63, 3.8) is 0 Å². The van der Waals surface area contributed by atoms with Gasteiger partial charge in [-0.2, -0.15) is 0 Å². The molecule has 6 saturated heterocycles. The maximum absolute atomic E-state index is 7.01. The largest absolute Gasteiger partial charge is 0.478 e. The molecule has 0 aromatic carbocycles. The fourth-order valence-corrected chi connectivity index (χ4v) is 54.7. The van der Waals surface area contributed by atoms with E-state index < -0.39 is 70.4 Å². The minimum absolute atomic E-state index is 0. The second kappa shape index (κ2) is 17.3. The maximum Gasteiger partial charge on any atom is 0.478 e. The van der Waals surface area contributed by atoms with Crippen LogP contribution in [0.4, 0.5) is 0 Å². The quantitative estimate of drug-likeness (QED) is 0.219. The van der Waals surface area contributed by atoms with Crippen molar-refractivity contribution in [3.05, 3.63) is 0 Å². The van der Waals surface area contributed by atoms with Crippen LogP contribution in [0.2, 0.25) is 48.4 Å². The molecule has 0 saturated carbocycles. The van der Waals surface area contributed by atoms with Gasteiger partial charge in [-0.25, -0.2) is 0 Å². The van der Waals surface area contributed by atoms with E-state index in [9.17, 15) is 0 Å². The molecule has 6 aliphatic heterocycles.